The lowest BCUT2D eigenvalue weighted by Gasteiger charge is -2.34. The van der Waals surface area contributed by atoms with Gasteiger partial charge in [-0.25, -0.2) is 0 Å². The number of carbonyl (C=O) groups is 1. The summed E-state index contributed by atoms with van der Waals surface area (Å²) in [6.07, 6.45) is 0.509. The molecular formula is C12H21N5O2. The second-order valence-electron chi connectivity index (χ2n) is 5.28. The Hall–Kier alpha value is -1.30. The monoisotopic (exact) mass is 267 g/mol. The van der Waals surface area contributed by atoms with E-state index in [1.807, 2.05) is 4.90 Å². The molecule has 19 heavy (non-hydrogen) atoms. The van der Waals surface area contributed by atoms with Gasteiger partial charge >= 0.3 is 0 Å². The largest absolute Gasteiger partial charge is 0.379 e. The molecule has 0 radical (unpaired) electrons. The molecule has 2 unspecified atom stereocenters. The maximum absolute atomic E-state index is 11.9. The second kappa shape index (κ2) is 6.75. The quantitative estimate of drug-likeness (QED) is 0.421. The molecule has 0 aromatic heterocycles. The number of amides is 1. The molecule has 0 aliphatic carbocycles. The minimum atomic E-state index is 0.179. The Balaban J connectivity index is 1.81. The Morgan fingerprint density at radius 1 is 1.53 bits per heavy atom. The summed E-state index contributed by atoms with van der Waals surface area (Å²) >= 11 is 0. The van der Waals surface area contributed by atoms with Crippen molar-refractivity contribution >= 4 is 5.91 Å². The lowest BCUT2D eigenvalue weighted by molar-refractivity contribution is -0.128. The SMILES string of the molecule is CC(CN1CC(CN=[N+]=[N-])CC1=O)N1CCOCC1. The second-order valence-corrected chi connectivity index (χ2v) is 5.28. The number of likely N-dealkylation sites (tertiary alicyclic amines) is 1. The maximum Gasteiger partial charge on any atom is 0.222 e. The summed E-state index contributed by atoms with van der Waals surface area (Å²) in [5.41, 5.74) is 8.32. The van der Waals surface area contributed by atoms with Crippen molar-refractivity contribution in [2.45, 2.75) is 19.4 Å². The van der Waals surface area contributed by atoms with Crippen molar-refractivity contribution in [3.05, 3.63) is 10.4 Å². The van der Waals surface area contributed by atoms with Gasteiger partial charge in [-0.15, -0.1) is 0 Å². The first-order chi connectivity index (χ1) is 9.20. The maximum atomic E-state index is 11.9. The fourth-order valence-electron chi connectivity index (χ4n) is 2.76. The van der Waals surface area contributed by atoms with Gasteiger partial charge in [-0.2, -0.15) is 0 Å². The van der Waals surface area contributed by atoms with E-state index in [1.165, 1.54) is 0 Å². The lowest BCUT2D eigenvalue weighted by atomic mass is 10.1. The van der Waals surface area contributed by atoms with Gasteiger partial charge in [0.05, 0.1) is 13.2 Å². The van der Waals surface area contributed by atoms with E-state index in [2.05, 4.69) is 21.8 Å². The van der Waals surface area contributed by atoms with Crippen molar-refractivity contribution < 1.29 is 9.53 Å². The molecule has 0 bridgehead atoms. The summed E-state index contributed by atoms with van der Waals surface area (Å²) in [6.45, 7) is 7.47. The van der Waals surface area contributed by atoms with Gasteiger partial charge in [0.2, 0.25) is 5.91 Å². The average molecular weight is 267 g/mol. The lowest BCUT2D eigenvalue weighted by Crippen LogP contribution is -2.47. The Kier molecular flexibility index (Phi) is 5.01. The van der Waals surface area contributed by atoms with Gasteiger partial charge in [-0.3, -0.25) is 9.69 Å². The summed E-state index contributed by atoms with van der Waals surface area (Å²) in [6, 6.07) is 0.353. The predicted octanol–water partition coefficient (Wildman–Crippen LogP) is 0.866. The zero-order chi connectivity index (χ0) is 13.7. The predicted molar refractivity (Wildman–Crippen MR) is 70.6 cm³/mol. The van der Waals surface area contributed by atoms with Crippen molar-refractivity contribution in [3.8, 4) is 0 Å². The van der Waals surface area contributed by atoms with Crippen LogP contribution in [0.15, 0.2) is 5.11 Å². The van der Waals surface area contributed by atoms with Gasteiger partial charge in [0.15, 0.2) is 0 Å². The van der Waals surface area contributed by atoms with Crippen molar-refractivity contribution in [3.63, 3.8) is 0 Å². The highest BCUT2D eigenvalue weighted by atomic mass is 16.5. The number of carbonyl (C=O) groups excluding carboxylic acids is 1. The third-order valence-electron chi connectivity index (χ3n) is 3.85. The van der Waals surface area contributed by atoms with E-state index in [9.17, 15) is 4.79 Å². The van der Waals surface area contributed by atoms with Crippen LogP contribution in [0.4, 0.5) is 0 Å². The van der Waals surface area contributed by atoms with Crippen LogP contribution in [0.25, 0.3) is 10.4 Å². The van der Waals surface area contributed by atoms with E-state index in [-0.39, 0.29) is 11.8 Å². The van der Waals surface area contributed by atoms with Gasteiger partial charge in [0.25, 0.3) is 0 Å². The molecule has 0 aromatic carbocycles. The molecule has 2 fully saturated rings. The highest BCUT2D eigenvalue weighted by Gasteiger charge is 2.31. The molecule has 0 saturated carbocycles. The zero-order valence-corrected chi connectivity index (χ0v) is 11.4. The van der Waals surface area contributed by atoms with Gasteiger partial charge in [-0.1, -0.05) is 5.11 Å². The number of nitrogens with zero attached hydrogens (tertiary/aromatic N) is 5. The highest BCUT2D eigenvalue weighted by Crippen LogP contribution is 2.19. The molecular weight excluding hydrogens is 246 g/mol. The average Bonchev–Trinajstić information content (AvgIpc) is 2.78. The van der Waals surface area contributed by atoms with Crippen molar-refractivity contribution in [2.75, 3.05) is 45.9 Å². The smallest absolute Gasteiger partial charge is 0.222 e. The van der Waals surface area contributed by atoms with E-state index in [0.29, 0.717) is 25.6 Å². The fourth-order valence-corrected chi connectivity index (χ4v) is 2.76. The standard InChI is InChI=1S/C12H21N5O2/c1-10(16-2-4-19-5-3-16)8-17-9-11(6-12(17)18)7-14-15-13/h10-11H,2-9H2,1H3. The Bertz CT molecular complexity index is 363. The van der Waals surface area contributed by atoms with Crippen LogP contribution in [0.3, 0.4) is 0 Å². The van der Waals surface area contributed by atoms with E-state index in [0.717, 1.165) is 32.8 Å². The van der Waals surface area contributed by atoms with Crippen molar-refractivity contribution in [1.29, 1.82) is 0 Å². The topological polar surface area (TPSA) is 81.5 Å². The minimum absolute atomic E-state index is 0.179. The summed E-state index contributed by atoms with van der Waals surface area (Å²) < 4.78 is 5.33. The number of azide groups is 1. The van der Waals surface area contributed by atoms with Gasteiger partial charge in [-0.05, 0) is 18.4 Å². The van der Waals surface area contributed by atoms with Crippen LogP contribution in [0.5, 0.6) is 0 Å². The first kappa shape index (κ1) is 14.1. The summed E-state index contributed by atoms with van der Waals surface area (Å²) in [5, 5.41) is 3.57. The fraction of sp³-hybridized carbons (Fsp3) is 0.917. The molecule has 2 atom stereocenters. The number of morpholine rings is 1. The highest BCUT2D eigenvalue weighted by molar-refractivity contribution is 5.78. The van der Waals surface area contributed by atoms with Crippen LogP contribution in [-0.4, -0.2) is 67.7 Å². The molecule has 0 N–H and O–H groups in total. The van der Waals surface area contributed by atoms with E-state index >= 15 is 0 Å². The van der Waals surface area contributed by atoms with Gasteiger partial charge in [0, 0.05) is 50.1 Å². The normalized spacial score (nSPS) is 26.3. The summed E-state index contributed by atoms with van der Waals surface area (Å²) in [7, 11) is 0. The molecule has 2 saturated heterocycles. The van der Waals surface area contributed by atoms with Crippen LogP contribution in [-0.2, 0) is 9.53 Å². The Labute approximate surface area is 113 Å². The molecule has 106 valence electrons. The molecule has 1 amide bonds. The van der Waals surface area contributed by atoms with Gasteiger partial charge < -0.3 is 9.64 Å². The first-order valence-electron chi connectivity index (χ1n) is 6.81. The number of rotatable bonds is 5. The van der Waals surface area contributed by atoms with Crippen LogP contribution in [0.1, 0.15) is 13.3 Å². The molecule has 7 nitrogen and oxygen atoms in total. The molecule has 0 spiro atoms. The van der Waals surface area contributed by atoms with Crippen LogP contribution in [0, 0.1) is 5.92 Å². The van der Waals surface area contributed by atoms with Crippen molar-refractivity contribution in [2.24, 2.45) is 11.0 Å². The van der Waals surface area contributed by atoms with Crippen molar-refractivity contribution in [1.82, 2.24) is 9.80 Å². The van der Waals surface area contributed by atoms with Gasteiger partial charge in [0.1, 0.15) is 0 Å². The van der Waals surface area contributed by atoms with E-state index < -0.39 is 0 Å². The molecule has 2 aliphatic rings. The third-order valence-corrected chi connectivity index (χ3v) is 3.85. The number of hydrogen-bond acceptors (Lipinski definition) is 4. The molecule has 2 heterocycles. The molecule has 7 heteroatoms. The summed E-state index contributed by atoms with van der Waals surface area (Å²) in [5.74, 6) is 0.360. The van der Waals surface area contributed by atoms with E-state index in [4.69, 9.17) is 10.3 Å². The Morgan fingerprint density at radius 3 is 2.95 bits per heavy atom. The third kappa shape index (κ3) is 3.83. The van der Waals surface area contributed by atoms with E-state index in [1.54, 1.807) is 0 Å². The molecule has 2 rings (SSSR count). The summed E-state index contributed by atoms with van der Waals surface area (Å²) in [4.78, 5) is 18.9. The Morgan fingerprint density at radius 2 is 2.26 bits per heavy atom. The first-order valence-corrected chi connectivity index (χ1v) is 6.81. The molecule has 2 aliphatic heterocycles. The van der Waals surface area contributed by atoms with Crippen LogP contribution in [0.2, 0.25) is 0 Å². The number of hydrogen-bond donors (Lipinski definition) is 0. The van der Waals surface area contributed by atoms with Crippen LogP contribution >= 0.6 is 0 Å². The number of ether oxygens (including phenoxy) is 1. The molecule has 0 aromatic rings. The zero-order valence-electron chi connectivity index (χ0n) is 11.4. The van der Waals surface area contributed by atoms with Crippen LogP contribution < -0.4 is 0 Å². The minimum Gasteiger partial charge on any atom is -0.379 e.